The van der Waals surface area contributed by atoms with Gasteiger partial charge in [0.05, 0.1) is 23.4 Å². The molecule has 0 spiro atoms. The molecule has 2 atom stereocenters. The molecule has 0 aliphatic carbocycles. The third-order valence-corrected chi connectivity index (χ3v) is 6.90. The van der Waals surface area contributed by atoms with Crippen LogP contribution in [0.1, 0.15) is 35.4 Å². The van der Waals surface area contributed by atoms with E-state index >= 15 is 0 Å². The number of nitrogens with zero attached hydrogens (tertiary/aromatic N) is 3. The molecule has 7 nitrogen and oxygen atoms in total. The number of hydrogen-bond donors (Lipinski definition) is 2. The van der Waals surface area contributed by atoms with Gasteiger partial charge in [-0.25, -0.2) is 0 Å². The van der Waals surface area contributed by atoms with E-state index in [0.717, 1.165) is 41.2 Å². The third-order valence-electron chi connectivity index (χ3n) is 6.59. The first-order chi connectivity index (χ1) is 17.2. The molecule has 3 aromatic rings. The number of aliphatic hydroxyl groups excluding tert-OH is 1. The molecule has 36 heavy (non-hydrogen) atoms. The van der Waals surface area contributed by atoms with E-state index < -0.39 is 11.7 Å². The Morgan fingerprint density at radius 3 is 2.72 bits per heavy atom. The topological polar surface area (TPSA) is 80.0 Å². The first-order valence-corrected chi connectivity index (χ1v) is 12.8. The summed E-state index contributed by atoms with van der Waals surface area (Å²) in [5.74, 6) is 1.34. The molecule has 1 saturated heterocycles. The monoisotopic (exact) mass is 513 g/mol. The second-order valence-corrected chi connectivity index (χ2v) is 10.2. The number of halogens is 1. The SMILES string of the molecule is Cc1ccc(Cl)c(OC[C@@]2(O)CN(Cc3cccc(OCCCn4nc(C)cc4C)c3)CC[C@@H]2O)c1. The van der Waals surface area contributed by atoms with Gasteiger partial charge in [0.15, 0.2) is 0 Å². The minimum atomic E-state index is -1.39. The molecule has 1 aliphatic heterocycles. The van der Waals surface area contributed by atoms with E-state index in [1.165, 1.54) is 0 Å². The molecule has 4 rings (SSSR count). The Bertz CT molecular complexity index is 1170. The van der Waals surface area contributed by atoms with Crippen LogP contribution in [-0.2, 0) is 13.1 Å². The van der Waals surface area contributed by atoms with Crippen molar-refractivity contribution in [3.05, 3.63) is 76.1 Å². The van der Waals surface area contributed by atoms with Gasteiger partial charge in [0.1, 0.15) is 23.7 Å². The molecule has 8 heteroatoms. The normalized spacial score (nSPS) is 20.4. The molecule has 2 aromatic carbocycles. The van der Waals surface area contributed by atoms with Crippen LogP contribution in [0.2, 0.25) is 5.02 Å². The molecule has 2 heterocycles. The number of aliphatic hydroxyl groups is 2. The van der Waals surface area contributed by atoms with E-state index in [1.54, 1.807) is 6.07 Å². The fourth-order valence-corrected chi connectivity index (χ4v) is 4.82. The Morgan fingerprint density at radius 2 is 1.94 bits per heavy atom. The molecule has 0 bridgehead atoms. The van der Waals surface area contributed by atoms with E-state index in [-0.39, 0.29) is 6.61 Å². The highest BCUT2D eigenvalue weighted by atomic mass is 35.5. The smallest absolute Gasteiger partial charge is 0.138 e. The molecule has 1 fully saturated rings. The second-order valence-electron chi connectivity index (χ2n) is 9.84. The van der Waals surface area contributed by atoms with Gasteiger partial charge in [-0.3, -0.25) is 9.58 Å². The fraction of sp³-hybridized carbons (Fsp3) is 0.464. The maximum absolute atomic E-state index is 11.2. The van der Waals surface area contributed by atoms with Crippen molar-refractivity contribution in [1.29, 1.82) is 0 Å². The molecule has 0 radical (unpaired) electrons. The zero-order valence-electron chi connectivity index (χ0n) is 21.3. The largest absolute Gasteiger partial charge is 0.494 e. The summed E-state index contributed by atoms with van der Waals surface area (Å²) in [7, 11) is 0. The number of β-amino-alcohol motifs (C(OH)–C–C–N with tert-alkyl or cyclic N) is 1. The number of rotatable bonds is 10. The van der Waals surface area contributed by atoms with Crippen LogP contribution in [0, 0.1) is 20.8 Å². The van der Waals surface area contributed by atoms with E-state index in [0.29, 0.717) is 43.4 Å². The predicted molar refractivity (Wildman–Crippen MR) is 141 cm³/mol. The van der Waals surface area contributed by atoms with Crippen LogP contribution in [0.4, 0.5) is 0 Å². The number of aromatic nitrogens is 2. The molecule has 0 amide bonds. The highest BCUT2D eigenvalue weighted by molar-refractivity contribution is 6.32. The molecule has 0 unspecified atom stereocenters. The van der Waals surface area contributed by atoms with Gasteiger partial charge in [-0.1, -0.05) is 29.8 Å². The maximum atomic E-state index is 11.2. The van der Waals surface area contributed by atoms with Crippen molar-refractivity contribution in [3.63, 3.8) is 0 Å². The Morgan fingerprint density at radius 1 is 1.11 bits per heavy atom. The highest BCUT2D eigenvalue weighted by Gasteiger charge is 2.42. The van der Waals surface area contributed by atoms with Crippen molar-refractivity contribution in [1.82, 2.24) is 14.7 Å². The molecule has 1 aliphatic rings. The predicted octanol–water partition coefficient (Wildman–Crippen LogP) is 4.31. The lowest BCUT2D eigenvalue weighted by atomic mass is 9.90. The quantitative estimate of drug-likeness (QED) is 0.393. The van der Waals surface area contributed by atoms with Gasteiger partial charge in [-0.15, -0.1) is 0 Å². The molecule has 2 N–H and O–H groups in total. The summed E-state index contributed by atoms with van der Waals surface area (Å²) in [6, 6.07) is 15.6. The van der Waals surface area contributed by atoms with Crippen LogP contribution in [0.15, 0.2) is 48.5 Å². The van der Waals surface area contributed by atoms with E-state index in [2.05, 4.69) is 29.1 Å². The minimum Gasteiger partial charge on any atom is -0.494 e. The Hall–Kier alpha value is -2.58. The van der Waals surface area contributed by atoms with Crippen LogP contribution in [0.5, 0.6) is 11.5 Å². The summed E-state index contributed by atoms with van der Waals surface area (Å²) in [5.41, 5.74) is 2.91. The van der Waals surface area contributed by atoms with E-state index in [4.69, 9.17) is 21.1 Å². The molecule has 0 saturated carbocycles. The first-order valence-electron chi connectivity index (χ1n) is 12.5. The van der Waals surface area contributed by atoms with Gasteiger partial charge in [0.25, 0.3) is 0 Å². The lowest BCUT2D eigenvalue weighted by Crippen LogP contribution is -2.59. The van der Waals surface area contributed by atoms with Crippen molar-refractivity contribution in [3.8, 4) is 11.5 Å². The van der Waals surface area contributed by atoms with Crippen LogP contribution >= 0.6 is 11.6 Å². The number of benzene rings is 2. The van der Waals surface area contributed by atoms with Crippen LogP contribution in [0.3, 0.4) is 0 Å². The molecular formula is C28H36ClN3O4. The van der Waals surface area contributed by atoms with Gasteiger partial charge in [0, 0.05) is 38.3 Å². The Kier molecular flexibility index (Phi) is 8.57. The van der Waals surface area contributed by atoms with Crippen molar-refractivity contribution >= 4 is 11.6 Å². The van der Waals surface area contributed by atoms with Crippen molar-refractivity contribution in [2.24, 2.45) is 0 Å². The zero-order valence-corrected chi connectivity index (χ0v) is 22.0. The number of ether oxygens (including phenoxy) is 2. The van der Waals surface area contributed by atoms with Gasteiger partial charge in [-0.05, 0) is 68.7 Å². The molecular weight excluding hydrogens is 478 g/mol. The van der Waals surface area contributed by atoms with Crippen LogP contribution in [0.25, 0.3) is 0 Å². The average Bonchev–Trinajstić information content (AvgIpc) is 3.17. The van der Waals surface area contributed by atoms with Gasteiger partial charge in [0.2, 0.25) is 0 Å². The Labute approximate surface area is 218 Å². The Balaban J connectivity index is 1.30. The molecule has 194 valence electrons. The average molecular weight is 514 g/mol. The maximum Gasteiger partial charge on any atom is 0.138 e. The van der Waals surface area contributed by atoms with Crippen molar-refractivity contribution in [2.45, 2.75) is 58.4 Å². The standard InChI is InChI=1S/C28H36ClN3O4/c1-20-8-9-25(29)26(14-20)36-19-28(34)18-31(12-10-27(28)33)17-23-6-4-7-24(16-23)35-13-5-11-32-22(3)15-21(2)30-32/h4,6-9,14-16,27,33-34H,5,10-13,17-19H2,1-3H3/t27-,28-/m0/s1. The summed E-state index contributed by atoms with van der Waals surface area (Å²) < 4.78 is 13.8. The number of piperidine rings is 1. The molecule has 1 aromatic heterocycles. The van der Waals surface area contributed by atoms with Crippen molar-refractivity contribution in [2.75, 3.05) is 26.3 Å². The first kappa shape index (κ1) is 26.5. The number of likely N-dealkylation sites (tertiary alicyclic amines) is 1. The van der Waals surface area contributed by atoms with E-state index in [9.17, 15) is 10.2 Å². The summed E-state index contributed by atoms with van der Waals surface area (Å²) in [4.78, 5) is 2.13. The van der Waals surface area contributed by atoms with Crippen molar-refractivity contribution < 1.29 is 19.7 Å². The van der Waals surface area contributed by atoms with Crippen LogP contribution in [-0.4, -0.2) is 62.9 Å². The lowest BCUT2D eigenvalue weighted by molar-refractivity contribution is -0.140. The second kappa shape index (κ2) is 11.6. The zero-order chi connectivity index (χ0) is 25.7. The van der Waals surface area contributed by atoms with Gasteiger partial charge < -0.3 is 19.7 Å². The minimum absolute atomic E-state index is 0.0355. The summed E-state index contributed by atoms with van der Waals surface area (Å²) in [6.45, 7) is 9.04. The fourth-order valence-electron chi connectivity index (χ4n) is 4.64. The summed E-state index contributed by atoms with van der Waals surface area (Å²) in [6.07, 6.45) is 0.465. The number of aryl methyl sites for hydroxylation is 4. The van der Waals surface area contributed by atoms with Gasteiger partial charge in [-0.2, -0.15) is 5.10 Å². The lowest BCUT2D eigenvalue weighted by Gasteiger charge is -2.42. The van der Waals surface area contributed by atoms with Crippen LogP contribution < -0.4 is 9.47 Å². The third kappa shape index (κ3) is 6.79. The highest BCUT2D eigenvalue weighted by Crippen LogP contribution is 2.29. The summed E-state index contributed by atoms with van der Waals surface area (Å²) in [5, 5.41) is 26.8. The summed E-state index contributed by atoms with van der Waals surface area (Å²) >= 11 is 6.24. The van der Waals surface area contributed by atoms with E-state index in [1.807, 2.05) is 48.9 Å². The number of hydrogen-bond acceptors (Lipinski definition) is 6. The van der Waals surface area contributed by atoms with Gasteiger partial charge >= 0.3 is 0 Å².